The van der Waals surface area contributed by atoms with Gasteiger partial charge in [0.05, 0.1) is 6.61 Å². The van der Waals surface area contributed by atoms with Crippen molar-refractivity contribution in [3.8, 4) is 0 Å². The topological polar surface area (TPSA) is 63.6 Å². The Morgan fingerprint density at radius 1 is 1.38 bits per heavy atom. The first-order chi connectivity index (χ1) is 5.87. The summed E-state index contributed by atoms with van der Waals surface area (Å²) in [5.41, 5.74) is 0. The average Bonchev–Trinajstić information content (AvgIpc) is 1.95. The van der Waals surface area contributed by atoms with E-state index < -0.39 is 10.4 Å². The van der Waals surface area contributed by atoms with Crippen molar-refractivity contribution in [1.82, 2.24) is 0 Å². The molecule has 0 unspecified atom stereocenters. The molecule has 0 saturated carbocycles. The predicted octanol–water partition coefficient (Wildman–Crippen LogP) is 1.88. The number of hydrogen-bond acceptors (Lipinski definition) is 3. The second kappa shape index (κ2) is 5.57. The van der Waals surface area contributed by atoms with Crippen molar-refractivity contribution in [2.75, 3.05) is 6.61 Å². The molecule has 1 N–H and O–H groups in total. The molecule has 0 aliphatic rings. The molecule has 5 heteroatoms. The van der Waals surface area contributed by atoms with Crippen LogP contribution in [0.4, 0.5) is 0 Å². The first-order valence-corrected chi connectivity index (χ1v) is 5.85. The van der Waals surface area contributed by atoms with Crippen LogP contribution >= 0.6 is 0 Å². The van der Waals surface area contributed by atoms with Crippen LogP contribution in [0.3, 0.4) is 0 Å². The maximum Gasteiger partial charge on any atom is 0.397 e. The normalized spacial score (nSPS) is 14.8. The fourth-order valence-electron chi connectivity index (χ4n) is 1.31. The van der Waals surface area contributed by atoms with E-state index in [0.717, 1.165) is 6.42 Å². The minimum Gasteiger partial charge on any atom is -0.264 e. The fraction of sp³-hybridized carbons (Fsp3) is 1.00. The lowest BCUT2D eigenvalue weighted by Crippen LogP contribution is -2.13. The highest BCUT2D eigenvalue weighted by atomic mass is 32.3. The van der Waals surface area contributed by atoms with Crippen LogP contribution in [0, 0.1) is 11.8 Å². The quantitative estimate of drug-likeness (QED) is 0.680. The molecule has 0 aromatic carbocycles. The molecule has 0 spiro atoms. The van der Waals surface area contributed by atoms with E-state index >= 15 is 0 Å². The molecule has 0 aromatic heterocycles. The third-order valence-electron chi connectivity index (χ3n) is 2.19. The van der Waals surface area contributed by atoms with Crippen LogP contribution in [0.2, 0.25) is 0 Å². The molecule has 0 fully saturated rings. The number of hydrogen-bond donors (Lipinski definition) is 1. The zero-order valence-corrected chi connectivity index (χ0v) is 9.17. The van der Waals surface area contributed by atoms with Crippen molar-refractivity contribution in [3.63, 3.8) is 0 Å². The van der Waals surface area contributed by atoms with E-state index in [2.05, 4.69) is 25.0 Å². The molecule has 80 valence electrons. The predicted molar refractivity (Wildman–Crippen MR) is 50.7 cm³/mol. The lowest BCUT2D eigenvalue weighted by atomic mass is 9.91. The molecule has 13 heavy (non-hydrogen) atoms. The maximum atomic E-state index is 10.2. The van der Waals surface area contributed by atoms with E-state index in [4.69, 9.17) is 4.55 Å². The third kappa shape index (κ3) is 6.98. The maximum absolute atomic E-state index is 10.2. The molecule has 0 aliphatic heterocycles. The molecule has 0 aliphatic carbocycles. The lowest BCUT2D eigenvalue weighted by Gasteiger charge is -2.17. The Balaban J connectivity index is 3.74. The summed E-state index contributed by atoms with van der Waals surface area (Å²) in [6, 6.07) is 0. The fourth-order valence-corrected chi connectivity index (χ4v) is 1.62. The van der Waals surface area contributed by atoms with Crippen LogP contribution in [0.5, 0.6) is 0 Å². The summed E-state index contributed by atoms with van der Waals surface area (Å²) in [7, 11) is -4.25. The Morgan fingerprint density at radius 2 is 1.92 bits per heavy atom. The zero-order chi connectivity index (χ0) is 10.5. The minimum absolute atomic E-state index is 0.0650. The van der Waals surface area contributed by atoms with Crippen molar-refractivity contribution in [2.45, 2.75) is 33.6 Å². The summed E-state index contributed by atoms with van der Waals surface area (Å²) >= 11 is 0. The van der Waals surface area contributed by atoms with Crippen LogP contribution in [-0.2, 0) is 14.6 Å². The largest absolute Gasteiger partial charge is 0.397 e. The van der Waals surface area contributed by atoms with Crippen molar-refractivity contribution >= 4 is 10.4 Å². The second-order valence-electron chi connectivity index (χ2n) is 3.45. The van der Waals surface area contributed by atoms with Crippen LogP contribution in [-0.4, -0.2) is 19.6 Å². The van der Waals surface area contributed by atoms with Gasteiger partial charge in [-0.1, -0.05) is 27.2 Å². The summed E-state index contributed by atoms with van der Waals surface area (Å²) in [5, 5.41) is 0. The second-order valence-corrected chi connectivity index (χ2v) is 4.54. The van der Waals surface area contributed by atoms with Gasteiger partial charge in [-0.3, -0.25) is 4.55 Å². The van der Waals surface area contributed by atoms with E-state index in [0.29, 0.717) is 18.3 Å². The van der Waals surface area contributed by atoms with Gasteiger partial charge in [0.25, 0.3) is 0 Å². The first-order valence-electron chi connectivity index (χ1n) is 4.48. The van der Waals surface area contributed by atoms with Gasteiger partial charge >= 0.3 is 10.4 Å². The summed E-state index contributed by atoms with van der Waals surface area (Å²) < 4.78 is 32.9. The summed E-state index contributed by atoms with van der Waals surface area (Å²) in [5.74, 6) is 0.955. The number of rotatable bonds is 6. The van der Waals surface area contributed by atoms with E-state index in [1.807, 2.05) is 0 Å². The van der Waals surface area contributed by atoms with E-state index in [1.165, 1.54) is 0 Å². The summed E-state index contributed by atoms with van der Waals surface area (Å²) in [6.07, 6.45) is 1.65. The van der Waals surface area contributed by atoms with Gasteiger partial charge in [0.2, 0.25) is 0 Å². The van der Waals surface area contributed by atoms with Gasteiger partial charge in [0, 0.05) is 0 Å². The molecule has 0 aromatic rings. The Morgan fingerprint density at radius 3 is 2.23 bits per heavy atom. The van der Waals surface area contributed by atoms with Gasteiger partial charge in [-0.05, 0) is 18.3 Å². The molecule has 0 heterocycles. The molecular weight excluding hydrogens is 192 g/mol. The monoisotopic (exact) mass is 210 g/mol. The summed E-state index contributed by atoms with van der Waals surface area (Å²) in [4.78, 5) is 0. The molecule has 0 radical (unpaired) electrons. The average molecular weight is 210 g/mol. The zero-order valence-electron chi connectivity index (χ0n) is 8.36. The molecular formula is C8H18O4S. The highest BCUT2D eigenvalue weighted by Crippen LogP contribution is 2.18. The molecule has 4 nitrogen and oxygen atoms in total. The first kappa shape index (κ1) is 12.9. The molecule has 0 amide bonds. The van der Waals surface area contributed by atoms with Crippen molar-refractivity contribution in [1.29, 1.82) is 0 Å². The Bertz CT molecular complexity index is 220. The molecule has 0 bridgehead atoms. The van der Waals surface area contributed by atoms with Gasteiger partial charge < -0.3 is 0 Å². The van der Waals surface area contributed by atoms with Crippen LogP contribution in [0.1, 0.15) is 33.6 Å². The standard InChI is InChI=1S/C8H18O4S/c1-4-8(7(2)3)5-6-12-13(9,10)11/h7-8H,4-6H2,1-3H3,(H,9,10,11)/t8-/m1/s1. The van der Waals surface area contributed by atoms with Crippen LogP contribution in [0.25, 0.3) is 0 Å². The third-order valence-corrected chi connectivity index (χ3v) is 2.65. The van der Waals surface area contributed by atoms with Gasteiger partial charge in [0.15, 0.2) is 0 Å². The van der Waals surface area contributed by atoms with E-state index in [9.17, 15) is 8.42 Å². The summed E-state index contributed by atoms with van der Waals surface area (Å²) in [6.45, 7) is 6.29. The van der Waals surface area contributed by atoms with Crippen molar-refractivity contribution in [2.24, 2.45) is 11.8 Å². The highest BCUT2D eigenvalue weighted by Gasteiger charge is 2.12. The SMILES string of the molecule is CC[C@H](CCOS(=O)(=O)O)C(C)C. The Labute approximate surface area is 80.2 Å². The van der Waals surface area contributed by atoms with Crippen LogP contribution in [0.15, 0.2) is 0 Å². The van der Waals surface area contributed by atoms with Gasteiger partial charge in [-0.2, -0.15) is 8.42 Å². The Kier molecular flexibility index (Phi) is 5.51. The molecule has 1 atom stereocenters. The van der Waals surface area contributed by atoms with Gasteiger partial charge in [0.1, 0.15) is 0 Å². The smallest absolute Gasteiger partial charge is 0.264 e. The van der Waals surface area contributed by atoms with Gasteiger partial charge in [-0.25, -0.2) is 4.18 Å². The van der Waals surface area contributed by atoms with Crippen LogP contribution < -0.4 is 0 Å². The molecule has 0 saturated heterocycles. The Hall–Kier alpha value is -0.130. The highest BCUT2D eigenvalue weighted by molar-refractivity contribution is 7.80. The minimum atomic E-state index is -4.25. The van der Waals surface area contributed by atoms with E-state index in [1.54, 1.807) is 0 Å². The van der Waals surface area contributed by atoms with Crippen molar-refractivity contribution in [3.05, 3.63) is 0 Å². The van der Waals surface area contributed by atoms with E-state index in [-0.39, 0.29) is 6.61 Å². The van der Waals surface area contributed by atoms with Crippen molar-refractivity contribution < 1.29 is 17.2 Å². The lowest BCUT2D eigenvalue weighted by molar-refractivity contribution is 0.224. The van der Waals surface area contributed by atoms with Gasteiger partial charge in [-0.15, -0.1) is 0 Å². The molecule has 0 rings (SSSR count).